The molecule has 6 nitrogen and oxygen atoms in total. The largest absolute Gasteiger partial charge is 0.460 e. The molecule has 0 saturated heterocycles. The lowest BCUT2D eigenvalue weighted by Crippen LogP contribution is -2.07. The molecule has 1 aromatic heterocycles. The third kappa shape index (κ3) is 5.15. The number of carbonyl (C=O) groups excluding carboxylic acids is 1. The highest BCUT2D eigenvalue weighted by Crippen LogP contribution is 2.52. The molecule has 0 amide bonds. The molecule has 0 unspecified atom stereocenters. The number of carbonyl (C=O) groups is 1. The molecule has 0 spiro atoms. The summed E-state index contributed by atoms with van der Waals surface area (Å²) in [5.41, 5.74) is 0.411. The second-order valence-corrected chi connectivity index (χ2v) is 6.35. The summed E-state index contributed by atoms with van der Waals surface area (Å²) in [5, 5.41) is 0. The predicted molar refractivity (Wildman–Crippen MR) is 78.8 cm³/mol. The first-order valence-electron chi connectivity index (χ1n) is 6.72. The van der Waals surface area contributed by atoms with Crippen LogP contribution >= 0.6 is 19.2 Å². The molecule has 1 heterocycles. The minimum absolute atomic E-state index is 0.00729. The van der Waals surface area contributed by atoms with E-state index in [-0.39, 0.29) is 37.6 Å². The molecular formula is C13H20ClO6P. The van der Waals surface area contributed by atoms with Crippen LogP contribution in [0, 0.1) is 0 Å². The maximum Gasteiger partial charge on any atom is 0.374 e. The minimum Gasteiger partial charge on any atom is -0.460 e. The molecule has 0 radical (unpaired) electrons. The van der Waals surface area contributed by atoms with Crippen molar-refractivity contribution in [2.45, 2.75) is 32.8 Å². The van der Waals surface area contributed by atoms with Crippen molar-refractivity contribution in [2.24, 2.45) is 0 Å². The van der Waals surface area contributed by atoms with Crippen LogP contribution in [0.3, 0.4) is 0 Å². The van der Waals surface area contributed by atoms with Crippen LogP contribution in [-0.2, 0) is 30.4 Å². The number of hydrogen-bond acceptors (Lipinski definition) is 6. The average Bonchev–Trinajstić information content (AvgIpc) is 2.82. The Morgan fingerprint density at radius 2 is 1.86 bits per heavy atom. The quantitative estimate of drug-likeness (QED) is 0.385. The van der Waals surface area contributed by atoms with E-state index in [1.165, 1.54) is 0 Å². The molecule has 120 valence electrons. The van der Waals surface area contributed by atoms with Crippen LogP contribution in [0.4, 0.5) is 0 Å². The van der Waals surface area contributed by atoms with Crippen molar-refractivity contribution in [3.8, 4) is 0 Å². The molecule has 0 aliphatic heterocycles. The van der Waals surface area contributed by atoms with E-state index in [0.29, 0.717) is 11.3 Å². The fraction of sp³-hybridized carbons (Fsp3) is 0.615. The van der Waals surface area contributed by atoms with Crippen LogP contribution in [0.25, 0.3) is 0 Å². The zero-order valence-corrected chi connectivity index (χ0v) is 14.0. The van der Waals surface area contributed by atoms with Gasteiger partial charge in [-0.2, -0.15) is 0 Å². The van der Waals surface area contributed by atoms with E-state index in [4.69, 9.17) is 29.8 Å². The van der Waals surface area contributed by atoms with Gasteiger partial charge < -0.3 is 18.2 Å². The lowest BCUT2D eigenvalue weighted by atomic mass is 10.2. The maximum absolute atomic E-state index is 12.5. The van der Waals surface area contributed by atoms with Crippen LogP contribution in [0.2, 0.25) is 0 Å². The fourth-order valence-electron chi connectivity index (χ4n) is 1.77. The van der Waals surface area contributed by atoms with E-state index in [1.54, 1.807) is 26.8 Å². The first kappa shape index (κ1) is 18.2. The molecule has 8 heteroatoms. The number of halogens is 1. The van der Waals surface area contributed by atoms with Gasteiger partial charge in [0.15, 0.2) is 0 Å². The molecule has 1 rings (SSSR count). The number of rotatable bonds is 9. The van der Waals surface area contributed by atoms with Crippen molar-refractivity contribution >= 4 is 25.2 Å². The normalized spacial score (nSPS) is 11.6. The molecule has 0 aliphatic rings. The van der Waals surface area contributed by atoms with Crippen LogP contribution in [0.5, 0.6) is 0 Å². The molecule has 0 bridgehead atoms. The summed E-state index contributed by atoms with van der Waals surface area (Å²) >= 11 is 5.71. The van der Waals surface area contributed by atoms with E-state index in [1.807, 2.05) is 0 Å². The Morgan fingerprint density at radius 1 is 1.24 bits per heavy atom. The van der Waals surface area contributed by atoms with E-state index in [0.717, 1.165) is 0 Å². The predicted octanol–water partition coefficient (Wildman–Crippen LogP) is 3.96. The Kier molecular flexibility index (Phi) is 7.46. The van der Waals surface area contributed by atoms with Gasteiger partial charge in [0.2, 0.25) is 5.76 Å². The molecule has 21 heavy (non-hydrogen) atoms. The number of esters is 1. The summed E-state index contributed by atoms with van der Waals surface area (Å²) in [6.07, 6.45) is -0.0663. The van der Waals surface area contributed by atoms with Gasteiger partial charge in [-0.05, 0) is 26.8 Å². The van der Waals surface area contributed by atoms with Crippen LogP contribution < -0.4 is 0 Å². The summed E-state index contributed by atoms with van der Waals surface area (Å²) in [6, 6.07) is 1.57. The SMILES string of the molecule is CCOC(=O)c1oc(CCl)cc1CP(=O)(OCC)OCC. The first-order chi connectivity index (χ1) is 9.99. The maximum atomic E-state index is 12.5. The van der Waals surface area contributed by atoms with Gasteiger partial charge >= 0.3 is 13.6 Å². The number of ether oxygens (including phenoxy) is 1. The lowest BCUT2D eigenvalue weighted by molar-refractivity contribution is 0.0487. The third-order valence-electron chi connectivity index (χ3n) is 2.47. The van der Waals surface area contributed by atoms with Crippen molar-refractivity contribution in [2.75, 3.05) is 19.8 Å². The van der Waals surface area contributed by atoms with Gasteiger partial charge in [0.25, 0.3) is 0 Å². The second kappa shape index (κ2) is 8.59. The highest BCUT2D eigenvalue weighted by atomic mass is 35.5. The van der Waals surface area contributed by atoms with Gasteiger partial charge in [-0.1, -0.05) is 0 Å². The third-order valence-corrected chi connectivity index (χ3v) is 4.76. The first-order valence-corrected chi connectivity index (χ1v) is 8.98. The van der Waals surface area contributed by atoms with E-state index in [2.05, 4.69) is 0 Å². The van der Waals surface area contributed by atoms with Gasteiger partial charge in [-0.15, -0.1) is 11.6 Å². The average molecular weight is 339 g/mol. The minimum atomic E-state index is -3.33. The topological polar surface area (TPSA) is 75.0 Å². The molecular weight excluding hydrogens is 319 g/mol. The molecule has 0 saturated carbocycles. The van der Waals surface area contributed by atoms with Crippen LogP contribution in [-0.4, -0.2) is 25.8 Å². The summed E-state index contributed by atoms with van der Waals surface area (Å²) in [6.45, 7) is 5.82. The van der Waals surface area contributed by atoms with Gasteiger partial charge in [-0.3, -0.25) is 4.57 Å². The molecule has 0 aromatic carbocycles. The van der Waals surface area contributed by atoms with Crippen molar-refractivity contribution in [3.05, 3.63) is 23.2 Å². The van der Waals surface area contributed by atoms with Gasteiger partial charge in [0.1, 0.15) is 5.76 Å². The van der Waals surface area contributed by atoms with Gasteiger partial charge in [0.05, 0.1) is 31.9 Å². The molecule has 1 aromatic rings. The van der Waals surface area contributed by atoms with Crippen molar-refractivity contribution in [1.82, 2.24) is 0 Å². The lowest BCUT2D eigenvalue weighted by Gasteiger charge is -2.16. The Morgan fingerprint density at radius 3 is 2.33 bits per heavy atom. The zero-order valence-electron chi connectivity index (χ0n) is 12.4. The van der Waals surface area contributed by atoms with Crippen molar-refractivity contribution in [1.29, 1.82) is 0 Å². The Hall–Kier alpha value is -0.810. The summed E-state index contributed by atoms with van der Waals surface area (Å²) in [4.78, 5) is 11.9. The molecule has 0 atom stereocenters. The van der Waals surface area contributed by atoms with E-state index < -0.39 is 13.6 Å². The monoisotopic (exact) mass is 338 g/mol. The van der Waals surface area contributed by atoms with Crippen LogP contribution in [0.15, 0.2) is 10.5 Å². The smallest absolute Gasteiger partial charge is 0.374 e. The summed E-state index contributed by atoms with van der Waals surface area (Å²) in [7, 11) is -3.33. The van der Waals surface area contributed by atoms with Gasteiger partial charge in [0, 0.05) is 5.56 Å². The fourth-order valence-corrected chi connectivity index (χ4v) is 3.60. The molecule has 0 fully saturated rings. The van der Waals surface area contributed by atoms with E-state index in [9.17, 15) is 9.36 Å². The zero-order chi connectivity index (χ0) is 15.9. The van der Waals surface area contributed by atoms with Crippen molar-refractivity contribution < 1.29 is 27.6 Å². The highest BCUT2D eigenvalue weighted by Gasteiger charge is 2.30. The van der Waals surface area contributed by atoms with Crippen LogP contribution in [0.1, 0.15) is 42.6 Å². The summed E-state index contributed by atoms with van der Waals surface area (Å²) in [5.74, 6) is -0.134. The van der Waals surface area contributed by atoms with Gasteiger partial charge in [-0.25, -0.2) is 4.79 Å². The molecule has 0 N–H and O–H groups in total. The number of alkyl halides is 1. The summed E-state index contributed by atoms with van der Waals surface area (Å²) < 4.78 is 33.2. The Balaban J connectivity index is 3.07. The standard InChI is InChI=1S/C13H20ClO6P/c1-4-17-13(15)12-10(7-11(8-14)20-12)9-21(16,18-5-2)19-6-3/h7H,4-6,8-9H2,1-3H3. The van der Waals surface area contributed by atoms with Crippen molar-refractivity contribution in [3.63, 3.8) is 0 Å². The Bertz CT molecular complexity index is 503. The Labute approximate surface area is 129 Å². The second-order valence-electron chi connectivity index (χ2n) is 4.03. The van der Waals surface area contributed by atoms with E-state index >= 15 is 0 Å². The number of furan rings is 1. The highest BCUT2D eigenvalue weighted by molar-refractivity contribution is 7.53. The number of hydrogen-bond donors (Lipinski definition) is 0. The molecule has 0 aliphatic carbocycles.